The molecule has 0 spiro atoms. The van der Waals surface area contributed by atoms with Gasteiger partial charge in [-0.3, -0.25) is 15.2 Å². The fourth-order valence-electron chi connectivity index (χ4n) is 1.75. The Morgan fingerprint density at radius 2 is 2.11 bits per heavy atom. The lowest BCUT2D eigenvalue weighted by atomic mass is 10.1. The van der Waals surface area contributed by atoms with Gasteiger partial charge in [-0.15, -0.1) is 5.10 Å². The number of benzene rings is 1. The molecule has 18 heavy (non-hydrogen) atoms. The minimum atomic E-state index is -0.108. The third-order valence-corrected chi connectivity index (χ3v) is 2.91. The highest BCUT2D eigenvalue weighted by Gasteiger charge is 2.25. The van der Waals surface area contributed by atoms with Crippen molar-refractivity contribution in [2.75, 3.05) is 11.9 Å². The highest BCUT2D eigenvalue weighted by molar-refractivity contribution is 5.94. The van der Waals surface area contributed by atoms with Gasteiger partial charge in [0.25, 0.3) is 0 Å². The summed E-state index contributed by atoms with van der Waals surface area (Å²) >= 11 is 0. The number of rotatable bonds is 3. The van der Waals surface area contributed by atoms with Gasteiger partial charge in [-0.25, -0.2) is 0 Å². The molecule has 0 radical (unpaired) electrons. The van der Waals surface area contributed by atoms with E-state index in [4.69, 9.17) is 0 Å². The molecule has 1 unspecified atom stereocenters. The number of nitrogens with one attached hydrogen (secondary N) is 3. The molecule has 1 saturated heterocycles. The number of nitrogens with zero attached hydrogens (tertiary/aromatic N) is 2. The highest BCUT2D eigenvalue weighted by Crippen LogP contribution is 2.15. The summed E-state index contributed by atoms with van der Waals surface area (Å²) in [6.45, 7) is 0.890. The van der Waals surface area contributed by atoms with Crippen LogP contribution >= 0.6 is 0 Å². The number of hydrogen-bond acceptors (Lipinski definition) is 4. The maximum absolute atomic E-state index is 11.7. The Kier molecular flexibility index (Phi) is 2.77. The highest BCUT2D eigenvalue weighted by atomic mass is 16.2. The Hall–Kier alpha value is -2.21. The van der Waals surface area contributed by atoms with Gasteiger partial charge >= 0.3 is 0 Å². The normalized spacial score (nSPS) is 18.1. The Morgan fingerprint density at radius 3 is 2.78 bits per heavy atom. The minimum Gasteiger partial charge on any atom is -0.306 e. The summed E-state index contributed by atoms with van der Waals surface area (Å²) in [6, 6.07) is 9.54. The zero-order chi connectivity index (χ0) is 12.4. The van der Waals surface area contributed by atoms with Crippen molar-refractivity contribution in [2.24, 2.45) is 0 Å². The molecule has 6 nitrogen and oxygen atoms in total. The quantitative estimate of drug-likeness (QED) is 0.743. The molecule has 1 amide bonds. The van der Waals surface area contributed by atoms with Crippen LogP contribution in [0.15, 0.2) is 30.3 Å². The topological polar surface area (TPSA) is 82.7 Å². The van der Waals surface area contributed by atoms with E-state index in [0.717, 1.165) is 18.5 Å². The summed E-state index contributed by atoms with van der Waals surface area (Å²) < 4.78 is 0. The van der Waals surface area contributed by atoms with Crippen molar-refractivity contribution in [3.05, 3.63) is 30.3 Å². The Balaban J connectivity index is 1.71. The molecule has 6 heteroatoms. The maximum Gasteiger partial charge on any atom is 0.249 e. The van der Waals surface area contributed by atoms with E-state index >= 15 is 0 Å². The van der Waals surface area contributed by atoms with E-state index in [1.165, 1.54) is 0 Å². The molecule has 3 rings (SSSR count). The van der Waals surface area contributed by atoms with Crippen LogP contribution in [0.2, 0.25) is 0 Å². The molecule has 2 heterocycles. The lowest BCUT2D eigenvalue weighted by Crippen LogP contribution is -2.50. The van der Waals surface area contributed by atoms with Crippen LogP contribution in [0.1, 0.15) is 6.42 Å². The van der Waals surface area contributed by atoms with E-state index in [0.29, 0.717) is 11.8 Å². The Morgan fingerprint density at radius 1 is 1.33 bits per heavy atom. The lowest BCUT2D eigenvalue weighted by molar-refractivity contribution is -0.119. The van der Waals surface area contributed by atoms with E-state index in [2.05, 4.69) is 25.8 Å². The lowest BCUT2D eigenvalue weighted by Gasteiger charge is -2.25. The first-order valence-corrected chi connectivity index (χ1v) is 5.85. The van der Waals surface area contributed by atoms with Gasteiger partial charge in [0, 0.05) is 5.56 Å². The van der Waals surface area contributed by atoms with E-state index < -0.39 is 0 Å². The number of aromatic amines is 1. The minimum absolute atomic E-state index is 0.0835. The average molecular weight is 243 g/mol. The van der Waals surface area contributed by atoms with Crippen molar-refractivity contribution >= 4 is 11.9 Å². The molecular formula is C12H13N5O. The van der Waals surface area contributed by atoms with Crippen molar-refractivity contribution in [3.8, 4) is 11.4 Å². The number of carbonyl (C=O) groups is 1. The first kappa shape index (κ1) is 10.9. The van der Waals surface area contributed by atoms with E-state index in [-0.39, 0.29) is 11.9 Å². The van der Waals surface area contributed by atoms with Gasteiger partial charge in [0.2, 0.25) is 11.9 Å². The third kappa shape index (κ3) is 2.10. The summed E-state index contributed by atoms with van der Waals surface area (Å²) in [6.07, 6.45) is 0.863. The van der Waals surface area contributed by atoms with Gasteiger partial charge in [-0.1, -0.05) is 30.3 Å². The van der Waals surface area contributed by atoms with Crippen LogP contribution in [0.25, 0.3) is 11.4 Å². The number of H-pyrrole nitrogens is 1. The molecule has 0 aliphatic carbocycles. The predicted octanol–water partition coefficient (Wildman–Crippen LogP) is 0.772. The molecule has 1 aliphatic rings. The van der Waals surface area contributed by atoms with E-state index in [9.17, 15) is 4.79 Å². The largest absolute Gasteiger partial charge is 0.306 e. The monoisotopic (exact) mass is 243 g/mol. The molecule has 1 aromatic carbocycles. The van der Waals surface area contributed by atoms with Gasteiger partial charge in [0.1, 0.15) is 0 Å². The summed E-state index contributed by atoms with van der Waals surface area (Å²) in [7, 11) is 0. The summed E-state index contributed by atoms with van der Waals surface area (Å²) in [5.41, 5.74) is 0.937. The van der Waals surface area contributed by atoms with Gasteiger partial charge in [0.05, 0.1) is 6.04 Å². The smallest absolute Gasteiger partial charge is 0.249 e. The molecular weight excluding hydrogens is 230 g/mol. The molecule has 1 fully saturated rings. The summed E-state index contributed by atoms with van der Waals surface area (Å²) in [5.74, 6) is 0.875. The second-order valence-electron chi connectivity index (χ2n) is 4.16. The van der Waals surface area contributed by atoms with Crippen LogP contribution in [0.4, 0.5) is 5.95 Å². The molecule has 1 aromatic heterocycles. The summed E-state index contributed by atoms with van der Waals surface area (Å²) in [5, 5.41) is 12.5. The first-order chi connectivity index (χ1) is 8.83. The maximum atomic E-state index is 11.7. The van der Waals surface area contributed by atoms with Crippen LogP contribution in [0.5, 0.6) is 0 Å². The number of amides is 1. The molecule has 1 aliphatic heterocycles. The van der Waals surface area contributed by atoms with Gasteiger partial charge in [-0.2, -0.15) is 4.98 Å². The van der Waals surface area contributed by atoms with Crippen molar-refractivity contribution < 1.29 is 4.79 Å². The molecule has 3 N–H and O–H groups in total. The predicted molar refractivity (Wildman–Crippen MR) is 66.9 cm³/mol. The van der Waals surface area contributed by atoms with E-state index in [1.807, 2.05) is 30.3 Å². The summed E-state index contributed by atoms with van der Waals surface area (Å²) in [4.78, 5) is 15.9. The SMILES string of the molecule is O=C(Nc1n[nH]c(-c2ccccc2)n1)C1CCN1. The molecule has 92 valence electrons. The Labute approximate surface area is 104 Å². The van der Waals surface area contributed by atoms with Crippen LogP contribution in [-0.4, -0.2) is 33.7 Å². The number of hydrogen-bond donors (Lipinski definition) is 3. The van der Waals surface area contributed by atoms with Crippen molar-refractivity contribution in [1.82, 2.24) is 20.5 Å². The first-order valence-electron chi connectivity index (χ1n) is 5.85. The fraction of sp³-hybridized carbons (Fsp3) is 0.250. The van der Waals surface area contributed by atoms with Gasteiger partial charge in [0.15, 0.2) is 5.82 Å². The zero-order valence-electron chi connectivity index (χ0n) is 9.68. The molecule has 2 aromatic rings. The van der Waals surface area contributed by atoms with Gasteiger partial charge < -0.3 is 5.32 Å². The molecule has 0 bridgehead atoms. The fourth-order valence-corrected chi connectivity index (χ4v) is 1.75. The molecule has 0 saturated carbocycles. The van der Waals surface area contributed by atoms with Crippen LogP contribution < -0.4 is 10.6 Å². The zero-order valence-corrected chi connectivity index (χ0v) is 9.68. The molecule has 1 atom stereocenters. The van der Waals surface area contributed by atoms with Crippen molar-refractivity contribution in [2.45, 2.75) is 12.5 Å². The van der Waals surface area contributed by atoms with E-state index in [1.54, 1.807) is 0 Å². The van der Waals surface area contributed by atoms with Crippen molar-refractivity contribution in [1.29, 1.82) is 0 Å². The number of anilines is 1. The van der Waals surface area contributed by atoms with Crippen LogP contribution in [0.3, 0.4) is 0 Å². The number of carbonyl (C=O) groups excluding carboxylic acids is 1. The standard InChI is InChI=1S/C12H13N5O/c18-11(9-6-7-13-9)15-12-14-10(16-17-12)8-4-2-1-3-5-8/h1-5,9,13H,6-7H2,(H2,14,15,16,17,18). The number of aromatic nitrogens is 3. The average Bonchev–Trinajstić information content (AvgIpc) is 2.76. The second-order valence-corrected chi connectivity index (χ2v) is 4.16. The van der Waals surface area contributed by atoms with Crippen molar-refractivity contribution in [3.63, 3.8) is 0 Å². The Bertz CT molecular complexity index is 547. The third-order valence-electron chi connectivity index (χ3n) is 2.91. The van der Waals surface area contributed by atoms with Gasteiger partial charge in [-0.05, 0) is 13.0 Å². The van der Waals surface area contributed by atoms with Crippen LogP contribution in [0, 0.1) is 0 Å². The second kappa shape index (κ2) is 4.58. The van der Waals surface area contributed by atoms with Crippen LogP contribution in [-0.2, 0) is 4.79 Å².